The topological polar surface area (TPSA) is 108 Å². The number of H-pyrrole nitrogens is 1. The Kier molecular flexibility index (Phi) is 6.13. The largest absolute Gasteiger partial charge is 0.478 e. The third kappa shape index (κ3) is 4.40. The maximum absolute atomic E-state index is 13.5. The van der Waals surface area contributed by atoms with E-state index < -0.39 is 5.97 Å². The van der Waals surface area contributed by atoms with Gasteiger partial charge in [-0.3, -0.25) is 9.89 Å². The zero-order valence-corrected chi connectivity index (χ0v) is 21.0. The van der Waals surface area contributed by atoms with Crippen LogP contribution >= 0.6 is 0 Å². The second-order valence-electron chi connectivity index (χ2n) is 9.32. The van der Waals surface area contributed by atoms with E-state index in [9.17, 15) is 14.7 Å². The van der Waals surface area contributed by atoms with Gasteiger partial charge in [0.25, 0.3) is 0 Å². The Morgan fingerprint density at radius 1 is 1.03 bits per heavy atom. The second-order valence-corrected chi connectivity index (χ2v) is 9.32. The standard InChI is InChI=1S/C30H27N3O4/c1-16-13-23(18(3)32-26-8-6-5-7-22(26)30(35)36)29-24(14-16)27(34)17(2)28(37-29)21-11-9-20(10-12-21)25-15-31-33-19(25)4/h5-15,18,32H,1-4H3,(H,31,33)(H,35,36). The zero-order valence-electron chi connectivity index (χ0n) is 21.0. The van der Waals surface area contributed by atoms with E-state index in [2.05, 4.69) is 15.5 Å². The summed E-state index contributed by atoms with van der Waals surface area (Å²) in [5.41, 5.74) is 7.11. The lowest BCUT2D eigenvalue weighted by Gasteiger charge is -2.20. The minimum absolute atomic E-state index is 0.0888. The number of hydrogen-bond acceptors (Lipinski definition) is 5. The molecule has 37 heavy (non-hydrogen) atoms. The molecule has 0 aliphatic heterocycles. The molecule has 0 fully saturated rings. The van der Waals surface area contributed by atoms with Crippen molar-refractivity contribution in [2.45, 2.75) is 33.7 Å². The number of carboxylic acid groups (broad SMARTS) is 1. The number of hydrogen-bond donors (Lipinski definition) is 3. The summed E-state index contributed by atoms with van der Waals surface area (Å²) in [7, 11) is 0. The third-order valence-electron chi connectivity index (χ3n) is 6.68. The predicted octanol–water partition coefficient (Wildman–Crippen LogP) is 6.65. The van der Waals surface area contributed by atoms with Crippen molar-refractivity contribution >= 4 is 22.6 Å². The van der Waals surface area contributed by atoms with Gasteiger partial charge in [-0.15, -0.1) is 0 Å². The van der Waals surface area contributed by atoms with Crippen molar-refractivity contribution in [2.75, 3.05) is 5.32 Å². The molecule has 0 spiro atoms. The summed E-state index contributed by atoms with van der Waals surface area (Å²) in [5, 5.41) is 20.4. The van der Waals surface area contributed by atoms with Crippen LogP contribution in [0.2, 0.25) is 0 Å². The van der Waals surface area contributed by atoms with E-state index in [1.807, 2.05) is 57.2 Å². The van der Waals surface area contributed by atoms with E-state index in [1.54, 1.807) is 37.4 Å². The van der Waals surface area contributed by atoms with Gasteiger partial charge in [0.15, 0.2) is 5.43 Å². The van der Waals surface area contributed by atoms with Crippen LogP contribution in [0, 0.1) is 20.8 Å². The number of para-hydroxylation sites is 1. The monoisotopic (exact) mass is 493 g/mol. The summed E-state index contributed by atoms with van der Waals surface area (Å²) in [6.45, 7) is 7.60. The molecule has 2 aromatic heterocycles. The minimum atomic E-state index is -1.01. The first kappa shape index (κ1) is 24.1. The van der Waals surface area contributed by atoms with Gasteiger partial charge in [-0.2, -0.15) is 5.10 Å². The van der Waals surface area contributed by atoms with Gasteiger partial charge in [0.05, 0.1) is 23.2 Å². The van der Waals surface area contributed by atoms with Crippen molar-refractivity contribution in [2.24, 2.45) is 0 Å². The van der Waals surface area contributed by atoms with Crippen molar-refractivity contribution in [1.29, 1.82) is 0 Å². The molecular weight excluding hydrogens is 466 g/mol. The molecule has 7 heteroatoms. The fourth-order valence-corrected chi connectivity index (χ4v) is 4.71. The Labute approximate surface area is 213 Å². The number of carboxylic acids is 1. The maximum atomic E-state index is 13.5. The van der Waals surface area contributed by atoms with Crippen molar-refractivity contribution in [1.82, 2.24) is 10.2 Å². The Morgan fingerprint density at radius 2 is 1.73 bits per heavy atom. The molecule has 2 heterocycles. The highest BCUT2D eigenvalue weighted by Gasteiger charge is 2.20. The summed E-state index contributed by atoms with van der Waals surface area (Å²) < 4.78 is 6.46. The molecule has 5 aromatic rings. The van der Waals surface area contributed by atoms with E-state index in [4.69, 9.17) is 4.42 Å². The van der Waals surface area contributed by atoms with Crippen LogP contribution in [0.15, 0.2) is 76.1 Å². The maximum Gasteiger partial charge on any atom is 0.337 e. The van der Waals surface area contributed by atoms with E-state index in [0.717, 1.165) is 33.5 Å². The predicted molar refractivity (Wildman–Crippen MR) is 145 cm³/mol. The lowest BCUT2D eigenvalue weighted by atomic mass is 9.98. The second kappa shape index (κ2) is 9.43. The van der Waals surface area contributed by atoms with Crippen LogP contribution in [0.25, 0.3) is 33.4 Å². The van der Waals surface area contributed by atoms with Crippen molar-refractivity contribution in [3.05, 3.63) is 105 Å². The molecule has 0 aliphatic carbocycles. The number of aromatic nitrogens is 2. The molecule has 0 bridgehead atoms. The molecule has 0 radical (unpaired) electrons. The molecule has 0 saturated carbocycles. The fourth-order valence-electron chi connectivity index (χ4n) is 4.71. The van der Waals surface area contributed by atoms with Gasteiger partial charge >= 0.3 is 5.97 Å². The highest BCUT2D eigenvalue weighted by molar-refractivity contribution is 5.94. The number of fused-ring (bicyclic) bond motifs is 1. The Morgan fingerprint density at radius 3 is 2.41 bits per heavy atom. The smallest absolute Gasteiger partial charge is 0.337 e. The van der Waals surface area contributed by atoms with E-state index >= 15 is 0 Å². The molecule has 0 amide bonds. The van der Waals surface area contributed by atoms with Crippen LogP contribution in [0.5, 0.6) is 0 Å². The van der Waals surface area contributed by atoms with Crippen LogP contribution in [-0.4, -0.2) is 21.3 Å². The highest BCUT2D eigenvalue weighted by atomic mass is 16.4. The van der Waals surface area contributed by atoms with Crippen LogP contribution in [0.1, 0.15) is 45.7 Å². The van der Waals surface area contributed by atoms with E-state index in [-0.39, 0.29) is 17.0 Å². The quantitative estimate of drug-likeness (QED) is 0.244. The van der Waals surface area contributed by atoms with Gasteiger partial charge in [-0.1, -0.05) is 42.5 Å². The van der Waals surface area contributed by atoms with Gasteiger partial charge in [-0.05, 0) is 57.0 Å². The first-order valence-corrected chi connectivity index (χ1v) is 12.0. The van der Waals surface area contributed by atoms with Crippen LogP contribution in [0.3, 0.4) is 0 Å². The van der Waals surface area contributed by atoms with Gasteiger partial charge < -0.3 is 14.8 Å². The van der Waals surface area contributed by atoms with Gasteiger partial charge in [0.2, 0.25) is 0 Å². The van der Waals surface area contributed by atoms with Crippen molar-refractivity contribution in [3.63, 3.8) is 0 Å². The Bertz CT molecular complexity index is 1700. The molecule has 0 aliphatic rings. The first-order valence-electron chi connectivity index (χ1n) is 12.0. The summed E-state index contributed by atoms with van der Waals surface area (Å²) in [5.74, 6) is -0.501. The van der Waals surface area contributed by atoms with Crippen LogP contribution in [-0.2, 0) is 0 Å². The number of nitrogens with zero attached hydrogens (tertiary/aromatic N) is 1. The summed E-state index contributed by atoms with van der Waals surface area (Å²) >= 11 is 0. The van der Waals surface area contributed by atoms with Crippen molar-refractivity contribution in [3.8, 4) is 22.5 Å². The summed E-state index contributed by atoms with van der Waals surface area (Å²) in [4.78, 5) is 25.2. The molecule has 3 aromatic carbocycles. The molecule has 7 nitrogen and oxygen atoms in total. The average Bonchev–Trinajstić information content (AvgIpc) is 3.32. The Balaban J connectivity index is 1.61. The fraction of sp³-hybridized carbons (Fsp3) is 0.167. The number of carbonyl (C=O) groups is 1. The Hall–Kier alpha value is -4.65. The molecule has 1 unspecified atom stereocenters. The molecule has 3 N–H and O–H groups in total. The first-order chi connectivity index (χ1) is 17.7. The van der Waals surface area contributed by atoms with Gasteiger partial charge in [0.1, 0.15) is 11.3 Å². The number of aromatic amines is 1. The van der Waals surface area contributed by atoms with E-state index in [0.29, 0.717) is 28.0 Å². The molecular formula is C30H27N3O4. The molecule has 0 saturated heterocycles. The number of benzene rings is 3. The number of aromatic carboxylic acids is 1. The lowest BCUT2D eigenvalue weighted by Crippen LogP contribution is -2.14. The summed E-state index contributed by atoms with van der Waals surface area (Å²) in [6, 6.07) is 18.1. The third-order valence-corrected chi connectivity index (χ3v) is 6.68. The highest BCUT2D eigenvalue weighted by Crippen LogP contribution is 2.33. The molecule has 186 valence electrons. The number of nitrogens with one attached hydrogen (secondary N) is 2. The van der Waals surface area contributed by atoms with Crippen molar-refractivity contribution < 1.29 is 14.3 Å². The van der Waals surface area contributed by atoms with Gasteiger partial charge in [0, 0.05) is 33.6 Å². The average molecular weight is 494 g/mol. The van der Waals surface area contributed by atoms with E-state index in [1.165, 1.54) is 0 Å². The molecule has 5 rings (SSSR count). The molecule has 1 atom stereocenters. The number of rotatable bonds is 6. The SMILES string of the molecule is Cc1cc(C(C)Nc2ccccc2C(=O)O)c2oc(-c3ccc(-c4cn[nH]c4C)cc3)c(C)c(=O)c2c1. The van der Waals surface area contributed by atoms with Gasteiger partial charge in [-0.25, -0.2) is 4.79 Å². The zero-order chi connectivity index (χ0) is 26.3. The normalized spacial score (nSPS) is 12.0. The van der Waals surface area contributed by atoms with Crippen LogP contribution < -0.4 is 10.7 Å². The lowest BCUT2D eigenvalue weighted by molar-refractivity contribution is 0.0698. The summed E-state index contributed by atoms with van der Waals surface area (Å²) in [6.07, 6.45) is 1.79. The number of anilines is 1. The minimum Gasteiger partial charge on any atom is -0.478 e. The number of aryl methyl sites for hydroxylation is 2. The van der Waals surface area contributed by atoms with Crippen LogP contribution in [0.4, 0.5) is 5.69 Å².